The summed E-state index contributed by atoms with van der Waals surface area (Å²) in [5.74, 6) is 1.36. The number of piperidine rings is 3. The molecule has 0 spiro atoms. The molecule has 2 aromatic heterocycles. The lowest BCUT2D eigenvalue weighted by Gasteiger charge is -2.49. The number of thiophene rings is 1. The highest BCUT2D eigenvalue weighted by Crippen LogP contribution is 2.33. The minimum absolute atomic E-state index is 0.0290. The van der Waals surface area contributed by atoms with Gasteiger partial charge in [-0.3, -0.25) is 9.69 Å². The van der Waals surface area contributed by atoms with E-state index in [0.717, 1.165) is 9.75 Å². The molecule has 6 heteroatoms. The Morgan fingerprint density at radius 2 is 2.23 bits per heavy atom. The van der Waals surface area contributed by atoms with Crippen molar-refractivity contribution in [2.45, 2.75) is 31.8 Å². The fourth-order valence-electron chi connectivity index (χ4n) is 3.70. The van der Waals surface area contributed by atoms with Gasteiger partial charge in [0.2, 0.25) is 0 Å². The van der Waals surface area contributed by atoms with Crippen molar-refractivity contribution in [3.8, 4) is 10.6 Å². The van der Waals surface area contributed by atoms with Crippen LogP contribution in [0.15, 0.2) is 29.1 Å². The predicted octanol–water partition coefficient (Wildman–Crippen LogP) is 2.62. The first-order chi connectivity index (χ1) is 10.7. The van der Waals surface area contributed by atoms with Crippen molar-refractivity contribution in [3.05, 3.63) is 29.6 Å². The van der Waals surface area contributed by atoms with Crippen molar-refractivity contribution in [2.24, 2.45) is 5.92 Å². The molecule has 3 saturated heterocycles. The average Bonchev–Trinajstić information content (AvgIpc) is 3.21. The summed E-state index contributed by atoms with van der Waals surface area (Å²) in [6.45, 7) is 4.57. The summed E-state index contributed by atoms with van der Waals surface area (Å²) in [7, 11) is 0. The van der Waals surface area contributed by atoms with Gasteiger partial charge in [-0.25, -0.2) is 4.98 Å². The van der Waals surface area contributed by atoms with Crippen LogP contribution in [0.4, 0.5) is 0 Å². The molecule has 0 radical (unpaired) electrons. The number of nitrogens with one attached hydrogen (secondary N) is 1. The molecular formula is C16H19N3O2S. The molecule has 2 bridgehead atoms. The van der Waals surface area contributed by atoms with E-state index in [2.05, 4.69) is 22.1 Å². The van der Waals surface area contributed by atoms with Crippen LogP contribution in [0, 0.1) is 5.92 Å². The van der Waals surface area contributed by atoms with Gasteiger partial charge in [0.05, 0.1) is 16.0 Å². The molecule has 1 N–H and O–H groups in total. The van der Waals surface area contributed by atoms with Crippen LogP contribution in [-0.2, 0) is 0 Å². The molecule has 3 aliphatic rings. The zero-order valence-corrected chi connectivity index (χ0v) is 13.3. The number of oxazole rings is 1. The summed E-state index contributed by atoms with van der Waals surface area (Å²) in [5.41, 5.74) is 0. The molecule has 3 aliphatic heterocycles. The van der Waals surface area contributed by atoms with Crippen LogP contribution in [0.2, 0.25) is 0 Å². The molecule has 5 rings (SSSR count). The van der Waals surface area contributed by atoms with E-state index in [0.29, 0.717) is 17.7 Å². The van der Waals surface area contributed by atoms with E-state index in [1.807, 2.05) is 12.1 Å². The van der Waals surface area contributed by atoms with E-state index in [1.54, 1.807) is 6.20 Å². The molecule has 22 heavy (non-hydrogen) atoms. The number of rotatable bonds is 3. The zero-order chi connectivity index (χ0) is 15.1. The first-order valence-corrected chi connectivity index (χ1v) is 8.57. The van der Waals surface area contributed by atoms with Crippen LogP contribution in [0.3, 0.4) is 0 Å². The maximum atomic E-state index is 12.6. The van der Waals surface area contributed by atoms with E-state index in [1.165, 1.54) is 43.7 Å². The second-order valence-electron chi connectivity index (χ2n) is 6.14. The standard InChI is InChI=1S/C16H19N3O2S/c1-10-15(11-4-6-19(10)7-5-11)18-16(20)14-3-2-13(22-14)12-8-17-9-21-12/h2-3,8-11,15H,4-7H2,1H3,(H,18,20)/t10-,15-/m0/s1. The molecule has 0 saturated carbocycles. The predicted molar refractivity (Wildman–Crippen MR) is 84.8 cm³/mol. The first kappa shape index (κ1) is 14.0. The Morgan fingerprint density at radius 1 is 1.41 bits per heavy atom. The molecular weight excluding hydrogens is 298 g/mol. The molecule has 1 amide bonds. The van der Waals surface area contributed by atoms with E-state index >= 15 is 0 Å². The fourth-order valence-corrected chi connectivity index (χ4v) is 4.56. The second-order valence-corrected chi connectivity index (χ2v) is 7.23. The van der Waals surface area contributed by atoms with Gasteiger partial charge in [-0.2, -0.15) is 0 Å². The molecule has 0 aliphatic carbocycles. The number of hydrogen-bond acceptors (Lipinski definition) is 5. The summed E-state index contributed by atoms with van der Waals surface area (Å²) in [5, 5.41) is 3.26. The summed E-state index contributed by atoms with van der Waals surface area (Å²) >= 11 is 1.45. The summed E-state index contributed by atoms with van der Waals surface area (Å²) in [6.07, 6.45) is 5.47. The second kappa shape index (κ2) is 5.52. The highest BCUT2D eigenvalue weighted by molar-refractivity contribution is 7.17. The van der Waals surface area contributed by atoms with Gasteiger partial charge in [-0.1, -0.05) is 0 Å². The monoisotopic (exact) mass is 317 g/mol. The third-order valence-corrected chi connectivity index (χ3v) is 6.08. The van der Waals surface area contributed by atoms with E-state index < -0.39 is 0 Å². The van der Waals surface area contributed by atoms with Crippen molar-refractivity contribution in [3.63, 3.8) is 0 Å². The molecule has 116 valence electrons. The molecule has 0 aromatic carbocycles. The zero-order valence-electron chi connectivity index (χ0n) is 12.5. The Bertz CT molecular complexity index is 657. The lowest BCUT2D eigenvalue weighted by atomic mass is 9.79. The van der Waals surface area contributed by atoms with Gasteiger partial charge in [-0.05, 0) is 50.9 Å². The highest BCUT2D eigenvalue weighted by Gasteiger charge is 2.40. The maximum Gasteiger partial charge on any atom is 0.261 e. The van der Waals surface area contributed by atoms with Crippen molar-refractivity contribution < 1.29 is 9.21 Å². The third-order valence-electron chi connectivity index (χ3n) is 4.98. The average molecular weight is 317 g/mol. The van der Waals surface area contributed by atoms with Gasteiger partial charge in [0.25, 0.3) is 5.91 Å². The number of nitrogens with zero attached hydrogens (tertiary/aromatic N) is 2. The SMILES string of the molecule is C[C@H]1[C@H](NC(=O)c2ccc(-c3cnco3)s2)C2CCN1CC2. The number of carbonyl (C=O) groups excluding carboxylic acids is 1. The van der Waals surface area contributed by atoms with Gasteiger partial charge in [0.1, 0.15) is 0 Å². The number of carbonyl (C=O) groups is 1. The molecule has 2 aromatic rings. The van der Waals surface area contributed by atoms with Crippen LogP contribution in [-0.4, -0.2) is 41.0 Å². The minimum Gasteiger partial charge on any atom is -0.443 e. The van der Waals surface area contributed by atoms with Gasteiger partial charge in [0, 0.05) is 12.1 Å². The number of amides is 1. The van der Waals surface area contributed by atoms with Gasteiger partial charge in [0.15, 0.2) is 12.2 Å². The summed E-state index contributed by atoms with van der Waals surface area (Å²) in [4.78, 5) is 20.6. The van der Waals surface area contributed by atoms with Crippen LogP contribution in [0.25, 0.3) is 10.6 Å². The lowest BCUT2D eigenvalue weighted by molar-refractivity contribution is 0.0218. The molecule has 3 fully saturated rings. The Kier molecular flexibility index (Phi) is 3.50. The summed E-state index contributed by atoms with van der Waals surface area (Å²) in [6, 6.07) is 4.49. The van der Waals surface area contributed by atoms with Crippen molar-refractivity contribution in [2.75, 3.05) is 13.1 Å². The highest BCUT2D eigenvalue weighted by atomic mass is 32.1. The Morgan fingerprint density at radius 3 is 2.91 bits per heavy atom. The van der Waals surface area contributed by atoms with E-state index in [4.69, 9.17) is 4.42 Å². The molecule has 5 heterocycles. The van der Waals surface area contributed by atoms with Gasteiger partial charge < -0.3 is 9.73 Å². The van der Waals surface area contributed by atoms with Crippen LogP contribution >= 0.6 is 11.3 Å². The fraction of sp³-hybridized carbons (Fsp3) is 0.500. The quantitative estimate of drug-likeness (QED) is 0.945. The lowest BCUT2D eigenvalue weighted by Crippen LogP contribution is -2.62. The van der Waals surface area contributed by atoms with Crippen molar-refractivity contribution in [1.29, 1.82) is 0 Å². The van der Waals surface area contributed by atoms with E-state index in [-0.39, 0.29) is 11.9 Å². The normalized spacial score (nSPS) is 30.4. The Balaban J connectivity index is 1.48. The van der Waals surface area contributed by atoms with E-state index in [9.17, 15) is 4.79 Å². The number of aromatic nitrogens is 1. The summed E-state index contributed by atoms with van der Waals surface area (Å²) < 4.78 is 5.28. The topological polar surface area (TPSA) is 58.4 Å². The van der Waals surface area contributed by atoms with Crippen LogP contribution < -0.4 is 5.32 Å². The molecule has 5 nitrogen and oxygen atoms in total. The largest absolute Gasteiger partial charge is 0.443 e. The van der Waals surface area contributed by atoms with Crippen molar-refractivity contribution in [1.82, 2.24) is 15.2 Å². The Hall–Kier alpha value is -1.66. The minimum atomic E-state index is 0.0290. The third kappa shape index (κ3) is 2.36. The maximum absolute atomic E-state index is 12.6. The number of hydrogen-bond donors (Lipinski definition) is 1. The van der Waals surface area contributed by atoms with Crippen LogP contribution in [0.1, 0.15) is 29.4 Å². The van der Waals surface area contributed by atoms with Gasteiger partial charge in [-0.15, -0.1) is 11.3 Å². The first-order valence-electron chi connectivity index (χ1n) is 7.76. The van der Waals surface area contributed by atoms with Crippen molar-refractivity contribution >= 4 is 17.2 Å². The molecule has 2 atom stereocenters. The number of fused-ring (bicyclic) bond motifs is 3. The molecule has 0 unspecified atom stereocenters. The smallest absolute Gasteiger partial charge is 0.261 e. The van der Waals surface area contributed by atoms with Crippen LogP contribution in [0.5, 0.6) is 0 Å². The Labute approximate surface area is 133 Å². The van der Waals surface area contributed by atoms with Gasteiger partial charge >= 0.3 is 0 Å².